The molecule has 0 saturated heterocycles. The molecule has 1 aromatic rings. The maximum absolute atomic E-state index is 12.4. The first-order valence-electron chi connectivity index (χ1n) is 5.15. The molecule has 1 aromatic carbocycles. The molecule has 0 spiro atoms. The number of benzene rings is 1. The standard InChI is InChI=1S/C11H8F6N2O/c12-10(13,14)7-1-2-8(6(3-7)4-18)19-5-9(20)11(15,16)17/h1-3,9,19-20H,5H2. The van der Waals surface area contributed by atoms with Crippen LogP contribution < -0.4 is 5.32 Å². The molecule has 0 amide bonds. The van der Waals surface area contributed by atoms with Gasteiger partial charge in [-0.25, -0.2) is 0 Å². The van der Waals surface area contributed by atoms with Crippen molar-refractivity contribution < 1.29 is 31.4 Å². The maximum atomic E-state index is 12.4. The quantitative estimate of drug-likeness (QED) is 0.844. The fourth-order valence-corrected chi connectivity index (χ4v) is 1.29. The summed E-state index contributed by atoms with van der Waals surface area (Å²) in [5.41, 5.74) is -1.77. The van der Waals surface area contributed by atoms with Gasteiger partial charge in [-0.1, -0.05) is 0 Å². The van der Waals surface area contributed by atoms with E-state index in [2.05, 4.69) is 5.32 Å². The number of aliphatic hydroxyl groups excluding tert-OH is 1. The highest BCUT2D eigenvalue weighted by atomic mass is 19.4. The molecule has 1 unspecified atom stereocenters. The third-order valence-corrected chi connectivity index (χ3v) is 2.33. The maximum Gasteiger partial charge on any atom is 0.416 e. The molecule has 0 aliphatic heterocycles. The minimum absolute atomic E-state index is 0.219. The van der Waals surface area contributed by atoms with Gasteiger partial charge in [0.1, 0.15) is 6.07 Å². The van der Waals surface area contributed by atoms with E-state index in [1.54, 1.807) is 0 Å². The lowest BCUT2D eigenvalue weighted by atomic mass is 10.1. The van der Waals surface area contributed by atoms with E-state index in [0.29, 0.717) is 12.1 Å². The number of halogens is 6. The van der Waals surface area contributed by atoms with Gasteiger partial charge in [-0.15, -0.1) is 0 Å². The normalized spacial score (nSPS) is 13.7. The summed E-state index contributed by atoms with van der Waals surface area (Å²) in [4.78, 5) is 0. The van der Waals surface area contributed by atoms with Crippen LogP contribution >= 0.6 is 0 Å². The van der Waals surface area contributed by atoms with Crippen molar-refractivity contribution in [2.45, 2.75) is 18.5 Å². The number of nitrogens with one attached hydrogen (secondary N) is 1. The molecular formula is C11H8F6N2O. The minimum atomic E-state index is -4.86. The van der Waals surface area contributed by atoms with Gasteiger partial charge in [-0.2, -0.15) is 31.6 Å². The predicted octanol–water partition coefficient (Wildman–Crippen LogP) is 2.91. The van der Waals surface area contributed by atoms with Gasteiger partial charge in [0.15, 0.2) is 6.10 Å². The van der Waals surface area contributed by atoms with Crippen molar-refractivity contribution in [3.63, 3.8) is 0 Å². The van der Waals surface area contributed by atoms with E-state index in [-0.39, 0.29) is 5.69 Å². The van der Waals surface area contributed by atoms with Crippen molar-refractivity contribution in [1.82, 2.24) is 0 Å². The van der Waals surface area contributed by atoms with Crippen molar-refractivity contribution in [3.05, 3.63) is 29.3 Å². The van der Waals surface area contributed by atoms with E-state index in [0.717, 1.165) is 6.07 Å². The zero-order chi connectivity index (χ0) is 15.6. The van der Waals surface area contributed by atoms with E-state index in [9.17, 15) is 26.3 Å². The van der Waals surface area contributed by atoms with E-state index < -0.39 is 36.1 Å². The summed E-state index contributed by atoms with van der Waals surface area (Å²) >= 11 is 0. The summed E-state index contributed by atoms with van der Waals surface area (Å²) in [7, 11) is 0. The molecule has 110 valence electrons. The van der Waals surface area contributed by atoms with E-state index in [1.165, 1.54) is 6.07 Å². The van der Waals surface area contributed by atoms with Crippen molar-refractivity contribution in [2.75, 3.05) is 11.9 Å². The molecule has 2 N–H and O–H groups in total. The summed E-state index contributed by atoms with van der Waals surface area (Å²) in [6.45, 7) is -0.969. The fourth-order valence-electron chi connectivity index (χ4n) is 1.29. The lowest BCUT2D eigenvalue weighted by molar-refractivity contribution is -0.198. The van der Waals surface area contributed by atoms with Crippen LogP contribution in [0.1, 0.15) is 11.1 Å². The number of anilines is 1. The first kappa shape index (κ1) is 16.1. The number of nitrogens with zero attached hydrogens (tertiary/aromatic N) is 1. The van der Waals surface area contributed by atoms with Crippen molar-refractivity contribution >= 4 is 5.69 Å². The number of alkyl halides is 6. The summed E-state index contributed by atoms with van der Waals surface area (Å²) < 4.78 is 73.3. The van der Waals surface area contributed by atoms with Crippen LogP contribution in [0.5, 0.6) is 0 Å². The average Bonchev–Trinajstić information content (AvgIpc) is 2.33. The molecule has 3 nitrogen and oxygen atoms in total. The molecule has 0 heterocycles. The van der Waals surface area contributed by atoms with Gasteiger partial charge < -0.3 is 10.4 Å². The molecule has 9 heteroatoms. The highest BCUT2D eigenvalue weighted by Gasteiger charge is 2.38. The molecule has 20 heavy (non-hydrogen) atoms. The summed E-state index contributed by atoms with van der Waals surface area (Å²) in [6, 6.07) is 3.43. The Labute approximate surface area is 109 Å². The molecule has 0 radical (unpaired) electrons. The van der Waals surface area contributed by atoms with Crippen LogP contribution in [-0.4, -0.2) is 23.9 Å². The zero-order valence-electron chi connectivity index (χ0n) is 9.68. The van der Waals surface area contributed by atoms with Crippen LogP contribution in [-0.2, 0) is 6.18 Å². The molecular weight excluding hydrogens is 290 g/mol. The van der Waals surface area contributed by atoms with Crippen molar-refractivity contribution in [3.8, 4) is 6.07 Å². The van der Waals surface area contributed by atoms with Crippen LogP contribution in [0.15, 0.2) is 18.2 Å². The Morgan fingerprint density at radius 1 is 1.20 bits per heavy atom. The fraction of sp³-hybridized carbons (Fsp3) is 0.364. The molecule has 1 atom stereocenters. The second kappa shape index (κ2) is 5.58. The van der Waals surface area contributed by atoms with Crippen LogP contribution in [0.2, 0.25) is 0 Å². The molecule has 1 rings (SSSR count). The molecule has 0 aliphatic carbocycles. The molecule has 0 aliphatic rings. The zero-order valence-corrected chi connectivity index (χ0v) is 9.68. The number of aliphatic hydroxyl groups is 1. The number of hydrogen-bond acceptors (Lipinski definition) is 3. The highest BCUT2D eigenvalue weighted by molar-refractivity contribution is 5.59. The highest BCUT2D eigenvalue weighted by Crippen LogP contribution is 2.31. The van der Waals surface area contributed by atoms with E-state index in [4.69, 9.17) is 10.4 Å². The molecule has 0 saturated carbocycles. The minimum Gasteiger partial charge on any atom is -0.382 e. The Hall–Kier alpha value is -1.95. The predicted molar refractivity (Wildman–Crippen MR) is 56.7 cm³/mol. The van der Waals surface area contributed by atoms with Gasteiger partial charge in [-0.05, 0) is 18.2 Å². The van der Waals surface area contributed by atoms with Gasteiger partial charge in [0.05, 0.1) is 16.8 Å². The molecule has 0 aromatic heterocycles. The first-order chi connectivity index (χ1) is 9.05. The third-order valence-electron chi connectivity index (χ3n) is 2.33. The smallest absolute Gasteiger partial charge is 0.382 e. The van der Waals surface area contributed by atoms with Gasteiger partial charge >= 0.3 is 12.4 Å². The van der Waals surface area contributed by atoms with Crippen LogP contribution in [0.4, 0.5) is 32.0 Å². The van der Waals surface area contributed by atoms with Crippen molar-refractivity contribution in [2.24, 2.45) is 0 Å². The number of rotatable bonds is 3. The number of nitriles is 1. The molecule has 0 bridgehead atoms. The lowest BCUT2D eigenvalue weighted by Crippen LogP contribution is -2.35. The van der Waals surface area contributed by atoms with Crippen LogP contribution in [0.3, 0.4) is 0 Å². The van der Waals surface area contributed by atoms with Crippen molar-refractivity contribution in [1.29, 1.82) is 5.26 Å². The largest absolute Gasteiger partial charge is 0.416 e. The van der Waals surface area contributed by atoms with E-state index >= 15 is 0 Å². The van der Waals surface area contributed by atoms with Crippen LogP contribution in [0.25, 0.3) is 0 Å². The number of hydrogen-bond donors (Lipinski definition) is 2. The first-order valence-corrected chi connectivity index (χ1v) is 5.15. The Morgan fingerprint density at radius 3 is 2.25 bits per heavy atom. The van der Waals surface area contributed by atoms with E-state index in [1.807, 2.05) is 0 Å². The van der Waals surface area contributed by atoms with Gasteiger partial charge in [0.25, 0.3) is 0 Å². The summed E-state index contributed by atoms with van der Waals surface area (Å²) in [5, 5.41) is 19.5. The third kappa shape index (κ3) is 4.03. The van der Waals surface area contributed by atoms with Gasteiger partial charge in [0.2, 0.25) is 0 Å². The molecule has 0 fully saturated rings. The Morgan fingerprint density at radius 2 is 1.80 bits per heavy atom. The summed E-state index contributed by atoms with van der Waals surface area (Å²) in [6.07, 6.45) is -12.2. The lowest BCUT2D eigenvalue weighted by Gasteiger charge is -2.17. The average molecular weight is 298 g/mol. The van der Waals surface area contributed by atoms with Crippen LogP contribution in [0, 0.1) is 11.3 Å². The Kier molecular flexibility index (Phi) is 4.50. The Bertz CT molecular complexity index is 517. The summed E-state index contributed by atoms with van der Waals surface area (Å²) in [5.74, 6) is 0. The second-order valence-electron chi connectivity index (χ2n) is 3.81. The second-order valence-corrected chi connectivity index (χ2v) is 3.81. The SMILES string of the molecule is N#Cc1cc(C(F)(F)F)ccc1NCC(O)C(F)(F)F. The topological polar surface area (TPSA) is 56.0 Å². The van der Waals surface area contributed by atoms with Gasteiger partial charge in [-0.3, -0.25) is 0 Å². The van der Waals surface area contributed by atoms with Gasteiger partial charge in [0, 0.05) is 6.54 Å². The Balaban J connectivity index is 2.90. The monoisotopic (exact) mass is 298 g/mol.